The maximum atomic E-state index is 12.5. The number of hydrogen-bond acceptors (Lipinski definition) is 4. The average molecular weight is 383 g/mol. The van der Waals surface area contributed by atoms with Crippen LogP contribution in [-0.4, -0.2) is 28.1 Å². The molecule has 0 spiro atoms. The Labute approximate surface area is 162 Å². The van der Waals surface area contributed by atoms with Crippen LogP contribution >= 0.6 is 24.0 Å². The number of thiocarbonyl (C=S) groups is 1. The summed E-state index contributed by atoms with van der Waals surface area (Å²) in [5, 5.41) is 2.95. The van der Waals surface area contributed by atoms with E-state index in [4.69, 9.17) is 12.2 Å². The van der Waals surface area contributed by atoms with E-state index in [9.17, 15) is 9.59 Å². The molecule has 26 heavy (non-hydrogen) atoms. The van der Waals surface area contributed by atoms with Gasteiger partial charge in [-0.15, -0.1) is 0 Å². The number of carbonyl (C=O) groups is 2. The number of likely N-dealkylation sites (N-methyl/N-ethyl adjacent to an activating group) is 1. The van der Waals surface area contributed by atoms with Crippen molar-refractivity contribution in [3.63, 3.8) is 0 Å². The molecule has 1 N–H and O–H groups in total. The zero-order valence-electron chi connectivity index (χ0n) is 14.5. The van der Waals surface area contributed by atoms with Crippen molar-refractivity contribution in [2.45, 2.75) is 13.3 Å². The Morgan fingerprint density at radius 3 is 2.50 bits per heavy atom. The molecule has 6 heteroatoms. The maximum absolute atomic E-state index is 12.5. The quantitative estimate of drug-likeness (QED) is 0.632. The van der Waals surface area contributed by atoms with E-state index < -0.39 is 0 Å². The second-order valence-electron chi connectivity index (χ2n) is 5.83. The van der Waals surface area contributed by atoms with E-state index in [0.29, 0.717) is 14.8 Å². The topological polar surface area (TPSA) is 49.4 Å². The number of amides is 2. The molecular weight excluding hydrogens is 364 g/mol. The van der Waals surface area contributed by atoms with Crippen molar-refractivity contribution in [2.24, 2.45) is 0 Å². The summed E-state index contributed by atoms with van der Waals surface area (Å²) in [7, 11) is 1.67. The number of nitrogens with zero attached hydrogens (tertiary/aromatic N) is 1. The van der Waals surface area contributed by atoms with Gasteiger partial charge in [-0.1, -0.05) is 61.2 Å². The highest BCUT2D eigenvalue weighted by molar-refractivity contribution is 8.26. The summed E-state index contributed by atoms with van der Waals surface area (Å²) < 4.78 is 0.548. The van der Waals surface area contributed by atoms with Gasteiger partial charge in [-0.05, 0) is 41.8 Å². The minimum Gasteiger partial charge on any atom is -0.322 e. The zero-order valence-corrected chi connectivity index (χ0v) is 16.1. The van der Waals surface area contributed by atoms with Crippen LogP contribution in [0.1, 0.15) is 28.4 Å². The smallest absolute Gasteiger partial charge is 0.265 e. The molecule has 1 aliphatic heterocycles. The van der Waals surface area contributed by atoms with Gasteiger partial charge in [0, 0.05) is 18.3 Å². The van der Waals surface area contributed by atoms with Crippen LogP contribution in [0.25, 0.3) is 6.08 Å². The summed E-state index contributed by atoms with van der Waals surface area (Å²) in [6, 6.07) is 14.9. The van der Waals surface area contributed by atoms with Gasteiger partial charge in [0.15, 0.2) is 0 Å². The highest BCUT2D eigenvalue weighted by atomic mass is 32.2. The van der Waals surface area contributed by atoms with Gasteiger partial charge >= 0.3 is 0 Å². The fourth-order valence-corrected chi connectivity index (χ4v) is 3.75. The third-order valence-electron chi connectivity index (χ3n) is 4.10. The van der Waals surface area contributed by atoms with Crippen molar-refractivity contribution in [1.29, 1.82) is 0 Å². The van der Waals surface area contributed by atoms with Crippen molar-refractivity contribution >= 4 is 51.9 Å². The van der Waals surface area contributed by atoms with Crippen molar-refractivity contribution in [2.75, 3.05) is 12.4 Å². The average Bonchev–Trinajstić information content (AvgIpc) is 2.89. The number of nitrogens with one attached hydrogen (secondary N) is 1. The van der Waals surface area contributed by atoms with Gasteiger partial charge in [-0.25, -0.2) is 0 Å². The minimum atomic E-state index is -0.155. The lowest BCUT2D eigenvalue weighted by molar-refractivity contribution is -0.121. The first-order chi connectivity index (χ1) is 12.5. The number of carbonyl (C=O) groups excluding carboxylic acids is 2. The zero-order chi connectivity index (χ0) is 18.7. The first-order valence-corrected chi connectivity index (χ1v) is 9.43. The molecule has 1 heterocycles. The molecule has 0 radical (unpaired) electrons. The summed E-state index contributed by atoms with van der Waals surface area (Å²) in [6.07, 6.45) is 2.64. The molecule has 0 aromatic heterocycles. The number of benzene rings is 2. The Balaban J connectivity index is 1.74. The lowest BCUT2D eigenvalue weighted by Crippen LogP contribution is -2.22. The lowest BCUT2D eigenvalue weighted by atomic mass is 10.1. The SMILES string of the molecule is CCc1ccccc1NC(=O)c1ccc(/C=C2\SC(=S)N(C)C2=O)cc1. The van der Waals surface area contributed by atoms with Crippen molar-refractivity contribution in [3.8, 4) is 0 Å². The highest BCUT2D eigenvalue weighted by Crippen LogP contribution is 2.31. The van der Waals surface area contributed by atoms with Gasteiger partial charge in [0.05, 0.1) is 4.91 Å². The summed E-state index contributed by atoms with van der Waals surface area (Å²) in [6.45, 7) is 2.05. The normalized spacial score (nSPS) is 15.6. The first kappa shape index (κ1) is 18.4. The molecule has 2 aromatic rings. The maximum Gasteiger partial charge on any atom is 0.265 e. The largest absolute Gasteiger partial charge is 0.322 e. The van der Waals surface area contributed by atoms with Crippen molar-refractivity contribution in [1.82, 2.24) is 4.90 Å². The van der Waals surface area contributed by atoms with Crippen LogP contribution in [0.5, 0.6) is 0 Å². The van der Waals surface area contributed by atoms with Gasteiger partial charge in [0.2, 0.25) is 0 Å². The molecule has 0 saturated carbocycles. The minimum absolute atomic E-state index is 0.0991. The Morgan fingerprint density at radius 2 is 1.88 bits per heavy atom. The van der Waals surface area contributed by atoms with Crippen LogP contribution < -0.4 is 5.32 Å². The lowest BCUT2D eigenvalue weighted by Gasteiger charge is -2.09. The predicted octanol–water partition coefficient (Wildman–Crippen LogP) is 4.33. The monoisotopic (exact) mass is 382 g/mol. The molecule has 0 bridgehead atoms. The van der Waals surface area contributed by atoms with Crippen LogP contribution in [0.3, 0.4) is 0 Å². The molecule has 132 valence electrons. The van der Waals surface area contributed by atoms with E-state index in [-0.39, 0.29) is 11.8 Å². The number of rotatable bonds is 4. The van der Waals surface area contributed by atoms with E-state index in [0.717, 1.165) is 23.2 Å². The second kappa shape index (κ2) is 7.85. The third kappa shape index (κ3) is 3.86. The standard InChI is InChI=1S/C20H18N2O2S2/c1-3-14-6-4-5-7-16(14)21-18(23)15-10-8-13(9-11-15)12-17-19(24)22(2)20(25)26-17/h4-12H,3H2,1-2H3,(H,21,23)/b17-12-. The van der Waals surface area contributed by atoms with Gasteiger partial charge in [0.25, 0.3) is 11.8 Å². The van der Waals surface area contributed by atoms with E-state index in [2.05, 4.69) is 12.2 Å². The molecule has 2 aromatic carbocycles. The molecule has 1 aliphatic rings. The Kier molecular flexibility index (Phi) is 5.54. The summed E-state index contributed by atoms with van der Waals surface area (Å²) >= 11 is 6.41. The molecule has 4 nitrogen and oxygen atoms in total. The number of aryl methyl sites for hydroxylation is 1. The van der Waals surface area contributed by atoms with Crippen LogP contribution in [-0.2, 0) is 11.2 Å². The van der Waals surface area contributed by atoms with Crippen molar-refractivity contribution < 1.29 is 9.59 Å². The Bertz CT molecular complexity index is 904. The van der Waals surface area contributed by atoms with Crippen LogP contribution in [0.4, 0.5) is 5.69 Å². The van der Waals surface area contributed by atoms with E-state index in [1.54, 1.807) is 25.3 Å². The molecule has 0 aliphatic carbocycles. The van der Waals surface area contributed by atoms with E-state index in [1.165, 1.54) is 16.7 Å². The van der Waals surface area contributed by atoms with Gasteiger partial charge < -0.3 is 5.32 Å². The summed E-state index contributed by atoms with van der Waals surface area (Å²) in [4.78, 5) is 26.6. The number of anilines is 1. The van der Waals surface area contributed by atoms with Gasteiger partial charge in [-0.3, -0.25) is 14.5 Å². The third-order valence-corrected chi connectivity index (χ3v) is 5.59. The molecule has 2 amide bonds. The van der Waals surface area contributed by atoms with Gasteiger partial charge in [0.1, 0.15) is 4.32 Å². The van der Waals surface area contributed by atoms with Crippen molar-refractivity contribution in [3.05, 3.63) is 70.1 Å². The fourth-order valence-electron chi connectivity index (χ4n) is 2.57. The Hall–Kier alpha value is -2.44. The molecular formula is C20H18N2O2S2. The van der Waals surface area contributed by atoms with E-state index >= 15 is 0 Å². The fraction of sp³-hybridized carbons (Fsp3) is 0.150. The van der Waals surface area contributed by atoms with Crippen LogP contribution in [0.15, 0.2) is 53.4 Å². The highest BCUT2D eigenvalue weighted by Gasteiger charge is 2.28. The van der Waals surface area contributed by atoms with Gasteiger partial charge in [-0.2, -0.15) is 0 Å². The molecule has 0 unspecified atom stereocenters. The van der Waals surface area contributed by atoms with E-state index in [1.807, 2.05) is 36.4 Å². The van der Waals surface area contributed by atoms with Crippen LogP contribution in [0, 0.1) is 0 Å². The second-order valence-corrected chi connectivity index (χ2v) is 7.50. The molecule has 3 rings (SSSR count). The first-order valence-electron chi connectivity index (χ1n) is 8.20. The molecule has 0 atom stereocenters. The molecule has 1 saturated heterocycles. The molecule has 1 fully saturated rings. The summed E-state index contributed by atoms with van der Waals surface area (Å²) in [5.41, 5.74) is 3.34. The van der Waals surface area contributed by atoms with Crippen LogP contribution in [0.2, 0.25) is 0 Å². The summed E-state index contributed by atoms with van der Waals surface area (Å²) in [5.74, 6) is -0.254. The number of hydrogen-bond donors (Lipinski definition) is 1. The predicted molar refractivity (Wildman–Crippen MR) is 111 cm³/mol. The number of thioether (sulfide) groups is 1. The number of para-hydroxylation sites is 1. The Morgan fingerprint density at radius 1 is 1.19 bits per heavy atom.